The van der Waals surface area contributed by atoms with Crippen LogP contribution in [0.5, 0.6) is 0 Å². The number of halogens is 1. The van der Waals surface area contributed by atoms with E-state index in [0.29, 0.717) is 6.54 Å². The molecular weight excluding hydrogens is 489 g/mol. The van der Waals surface area contributed by atoms with Crippen molar-refractivity contribution >= 4 is 35.6 Å². The lowest BCUT2D eigenvalue weighted by atomic mass is 9.79. The van der Waals surface area contributed by atoms with Crippen LogP contribution >= 0.6 is 24.0 Å². The van der Waals surface area contributed by atoms with Gasteiger partial charge >= 0.3 is 0 Å². The van der Waals surface area contributed by atoms with E-state index in [-0.39, 0.29) is 42.0 Å². The first-order chi connectivity index (χ1) is 14.1. The summed E-state index contributed by atoms with van der Waals surface area (Å²) in [6.45, 7) is 9.99. The van der Waals surface area contributed by atoms with Crippen molar-refractivity contribution in [1.29, 1.82) is 5.26 Å². The fraction of sp³-hybridized carbons (Fsp3) is 0.652. The number of guanidine groups is 1. The molecule has 1 aliphatic heterocycles. The standard InChI is InChI=1S/C23H37N5O.HI/c1-4-23(5-2,13-15-29)18-26-22(25-6-3)27-20-11-9-14-28(17-20)21-12-8-7-10-19(21)16-24;/h7-8,10,12,20,29H,4-6,9,11,13-15,17-18H2,1-3H3,(H2,25,26,27);1H. The number of benzene rings is 1. The van der Waals surface area contributed by atoms with Crippen LogP contribution in [0.2, 0.25) is 0 Å². The number of nitrogens with one attached hydrogen (secondary N) is 2. The van der Waals surface area contributed by atoms with Gasteiger partial charge in [-0.1, -0.05) is 26.0 Å². The van der Waals surface area contributed by atoms with Crippen LogP contribution in [0.15, 0.2) is 29.3 Å². The molecule has 1 aliphatic rings. The van der Waals surface area contributed by atoms with Gasteiger partial charge in [0.1, 0.15) is 6.07 Å². The highest BCUT2D eigenvalue weighted by atomic mass is 127. The highest BCUT2D eigenvalue weighted by Gasteiger charge is 2.26. The number of hydrogen-bond donors (Lipinski definition) is 3. The van der Waals surface area contributed by atoms with Crippen molar-refractivity contribution in [3.8, 4) is 6.07 Å². The molecule has 1 aromatic rings. The van der Waals surface area contributed by atoms with Crippen molar-refractivity contribution in [2.45, 2.75) is 58.9 Å². The van der Waals surface area contributed by atoms with Gasteiger partial charge in [0.2, 0.25) is 0 Å². The molecule has 7 heteroatoms. The van der Waals surface area contributed by atoms with Crippen LogP contribution in [0.3, 0.4) is 0 Å². The minimum Gasteiger partial charge on any atom is -0.396 e. The molecule has 0 aromatic heterocycles. The predicted octanol–water partition coefficient (Wildman–Crippen LogP) is 3.89. The number of aliphatic imine (C=N–C) groups is 1. The second-order valence-corrected chi connectivity index (χ2v) is 7.93. The largest absolute Gasteiger partial charge is 0.396 e. The van der Waals surface area contributed by atoms with Gasteiger partial charge in [-0.2, -0.15) is 5.26 Å². The molecule has 30 heavy (non-hydrogen) atoms. The highest BCUT2D eigenvalue weighted by molar-refractivity contribution is 14.0. The van der Waals surface area contributed by atoms with E-state index in [0.717, 1.165) is 68.9 Å². The summed E-state index contributed by atoms with van der Waals surface area (Å²) in [7, 11) is 0. The quantitative estimate of drug-likeness (QED) is 0.258. The Hall–Kier alpha value is -1.53. The summed E-state index contributed by atoms with van der Waals surface area (Å²) in [6, 6.07) is 10.4. The van der Waals surface area contributed by atoms with Crippen molar-refractivity contribution < 1.29 is 5.11 Å². The minimum absolute atomic E-state index is 0. The molecule has 1 saturated heterocycles. The number of hydrogen-bond acceptors (Lipinski definition) is 4. The van der Waals surface area contributed by atoms with Gasteiger partial charge in [0.15, 0.2) is 5.96 Å². The molecule has 1 aromatic carbocycles. The lowest BCUT2D eigenvalue weighted by molar-refractivity contribution is 0.175. The SMILES string of the molecule is CCNC(=NCC(CC)(CC)CCO)NC1CCCN(c2ccccc2C#N)C1.I. The number of piperidine rings is 1. The maximum absolute atomic E-state index is 9.47. The summed E-state index contributed by atoms with van der Waals surface area (Å²) in [5, 5.41) is 25.9. The molecule has 6 nitrogen and oxygen atoms in total. The normalized spacial score (nSPS) is 17.1. The average Bonchev–Trinajstić information content (AvgIpc) is 2.77. The lowest BCUT2D eigenvalue weighted by Crippen LogP contribution is -2.51. The van der Waals surface area contributed by atoms with E-state index < -0.39 is 0 Å². The van der Waals surface area contributed by atoms with E-state index in [4.69, 9.17) is 4.99 Å². The molecule has 0 saturated carbocycles. The Morgan fingerprint density at radius 1 is 1.30 bits per heavy atom. The number of aliphatic hydroxyl groups excluding tert-OH is 1. The fourth-order valence-corrected chi connectivity index (χ4v) is 4.06. The van der Waals surface area contributed by atoms with Crippen LogP contribution in [0.1, 0.15) is 58.4 Å². The van der Waals surface area contributed by atoms with Crippen LogP contribution in [0.4, 0.5) is 5.69 Å². The predicted molar refractivity (Wildman–Crippen MR) is 136 cm³/mol. The number of nitriles is 1. The van der Waals surface area contributed by atoms with E-state index in [2.05, 4.69) is 42.4 Å². The van der Waals surface area contributed by atoms with Crippen molar-refractivity contribution in [1.82, 2.24) is 10.6 Å². The zero-order valence-electron chi connectivity index (χ0n) is 18.7. The van der Waals surface area contributed by atoms with Gasteiger partial charge in [-0.25, -0.2) is 0 Å². The Morgan fingerprint density at radius 3 is 2.67 bits per heavy atom. The fourth-order valence-electron chi connectivity index (χ4n) is 4.06. The van der Waals surface area contributed by atoms with Crippen LogP contribution in [0.25, 0.3) is 0 Å². The monoisotopic (exact) mass is 527 g/mol. The van der Waals surface area contributed by atoms with Crippen LogP contribution in [-0.2, 0) is 0 Å². The molecule has 168 valence electrons. The molecular formula is C23H38IN5O. The van der Waals surface area contributed by atoms with Gasteiger partial charge in [-0.3, -0.25) is 4.99 Å². The van der Waals surface area contributed by atoms with E-state index in [1.165, 1.54) is 0 Å². The maximum Gasteiger partial charge on any atom is 0.191 e. The Bertz CT molecular complexity index is 699. The number of rotatable bonds is 9. The summed E-state index contributed by atoms with van der Waals surface area (Å²) in [5.41, 5.74) is 1.80. The van der Waals surface area contributed by atoms with Crippen molar-refractivity contribution in [3.63, 3.8) is 0 Å². The molecule has 1 unspecified atom stereocenters. The molecule has 1 fully saturated rings. The van der Waals surface area contributed by atoms with E-state index in [1.54, 1.807) is 0 Å². The zero-order valence-corrected chi connectivity index (χ0v) is 21.0. The number of para-hydroxylation sites is 1. The van der Waals surface area contributed by atoms with Gasteiger partial charge in [-0.15, -0.1) is 24.0 Å². The molecule has 0 bridgehead atoms. The van der Waals surface area contributed by atoms with Gasteiger partial charge in [0.05, 0.1) is 11.3 Å². The third-order valence-corrected chi connectivity index (χ3v) is 6.19. The molecule has 0 amide bonds. The summed E-state index contributed by atoms with van der Waals surface area (Å²) < 4.78 is 0. The second-order valence-electron chi connectivity index (χ2n) is 7.93. The maximum atomic E-state index is 9.47. The van der Waals surface area contributed by atoms with E-state index in [1.807, 2.05) is 24.3 Å². The molecule has 1 atom stereocenters. The van der Waals surface area contributed by atoms with Crippen molar-refractivity contribution in [2.24, 2.45) is 10.4 Å². The van der Waals surface area contributed by atoms with Crippen molar-refractivity contribution in [3.05, 3.63) is 29.8 Å². The molecule has 0 spiro atoms. The highest BCUT2D eigenvalue weighted by Crippen LogP contribution is 2.30. The third-order valence-electron chi connectivity index (χ3n) is 6.19. The first-order valence-electron chi connectivity index (χ1n) is 11.0. The average molecular weight is 527 g/mol. The third kappa shape index (κ3) is 7.31. The van der Waals surface area contributed by atoms with E-state index in [9.17, 15) is 10.4 Å². The topological polar surface area (TPSA) is 83.7 Å². The first kappa shape index (κ1) is 26.5. The summed E-state index contributed by atoms with van der Waals surface area (Å²) in [6.07, 6.45) is 4.96. The molecule has 1 heterocycles. The summed E-state index contributed by atoms with van der Waals surface area (Å²) in [5.74, 6) is 0.845. The molecule has 2 rings (SSSR count). The molecule has 3 N–H and O–H groups in total. The van der Waals surface area contributed by atoms with Gasteiger partial charge < -0.3 is 20.6 Å². The number of nitrogens with zero attached hydrogens (tertiary/aromatic N) is 3. The smallest absolute Gasteiger partial charge is 0.191 e. The van der Waals surface area contributed by atoms with E-state index >= 15 is 0 Å². The van der Waals surface area contributed by atoms with Crippen LogP contribution in [-0.4, -0.2) is 49.9 Å². The number of anilines is 1. The summed E-state index contributed by atoms with van der Waals surface area (Å²) in [4.78, 5) is 7.19. The lowest BCUT2D eigenvalue weighted by Gasteiger charge is -2.36. The molecule has 0 radical (unpaired) electrons. The number of aliphatic hydroxyl groups is 1. The van der Waals surface area contributed by atoms with Gasteiger partial charge in [0, 0.05) is 38.8 Å². The van der Waals surface area contributed by atoms with Gasteiger partial charge in [-0.05, 0) is 56.6 Å². The zero-order chi connectivity index (χ0) is 21.1. The summed E-state index contributed by atoms with van der Waals surface area (Å²) >= 11 is 0. The second kappa shape index (κ2) is 13.7. The minimum atomic E-state index is 0. The van der Waals surface area contributed by atoms with Crippen molar-refractivity contribution in [2.75, 3.05) is 37.7 Å². The van der Waals surface area contributed by atoms with Crippen LogP contribution in [0, 0.1) is 16.7 Å². The first-order valence-corrected chi connectivity index (χ1v) is 11.0. The Labute approximate surface area is 199 Å². The Balaban J connectivity index is 0.00000450. The molecule has 0 aliphatic carbocycles. The Kier molecular flexibility index (Phi) is 12.1. The van der Waals surface area contributed by atoms with Crippen LogP contribution < -0.4 is 15.5 Å². The Morgan fingerprint density at radius 2 is 2.03 bits per heavy atom. The van der Waals surface area contributed by atoms with Gasteiger partial charge in [0.25, 0.3) is 0 Å².